The Morgan fingerprint density at radius 2 is 2.06 bits per heavy atom. The Kier molecular flexibility index (Phi) is 3.52. The highest BCUT2D eigenvalue weighted by Crippen LogP contribution is 2.33. The zero-order chi connectivity index (χ0) is 13.3. The number of aryl methyl sites for hydroxylation is 1. The van der Waals surface area contributed by atoms with Gasteiger partial charge in [0.05, 0.1) is 16.4 Å². The molecule has 1 heterocycles. The molecule has 0 saturated heterocycles. The molecule has 0 radical (unpaired) electrons. The second-order valence-electron chi connectivity index (χ2n) is 3.97. The first-order valence-corrected chi connectivity index (χ1v) is 6.13. The van der Waals surface area contributed by atoms with Crippen LogP contribution in [0.1, 0.15) is 11.1 Å². The van der Waals surface area contributed by atoms with Crippen LogP contribution in [0.3, 0.4) is 0 Å². The van der Waals surface area contributed by atoms with Crippen LogP contribution in [-0.4, -0.2) is 4.98 Å². The molecule has 0 aliphatic carbocycles. The maximum absolute atomic E-state index is 13.0. The normalized spacial score (nSPS) is 10.4. The first kappa shape index (κ1) is 12.8. The number of hydrogen-bond acceptors (Lipinski definition) is 3. The maximum Gasteiger partial charge on any atom is 0.234 e. The van der Waals surface area contributed by atoms with E-state index in [0.717, 1.165) is 5.56 Å². The average molecular weight is 311 g/mol. The van der Waals surface area contributed by atoms with Crippen molar-refractivity contribution in [3.05, 3.63) is 45.8 Å². The van der Waals surface area contributed by atoms with Gasteiger partial charge in [0.15, 0.2) is 0 Å². The van der Waals surface area contributed by atoms with E-state index >= 15 is 0 Å². The lowest BCUT2D eigenvalue weighted by Crippen LogP contribution is -1.97. The number of pyridine rings is 1. The summed E-state index contributed by atoms with van der Waals surface area (Å²) in [5.74, 6) is 0.686. The lowest BCUT2D eigenvalue weighted by molar-refractivity contribution is 0.454. The van der Waals surface area contributed by atoms with Crippen LogP contribution in [0.25, 0.3) is 0 Å². The van der Waals surface area contributed by atoms with Crippen LogP contribution in [0.2, 0.25) is 0 Å². The van der Waals surface area contributed by atoms with Gasteiger partial charge in [-0.25, -0.2) is 9.37 Å². The molecule has 0 saturated carbocycles. The Hall–Kier alpha value is -1.62. The molecule has 3 nitrogen and oxygen atoms in total. The molecule has 0 spiro atoms. The molecule has 0 amide bonds. The number of rotatable bonds is 2. The molecule has 94 valence electrons. The van der Waals surface area contributed by atoms with Gasteiger partial charge in [0.2, 0.25) is 5.88 Å². The molecule has 2 N–H and O–H groups in total. The Labute approximate surface area is 113 Å². The van der Waals surface area contributed by atoms with Crippen LogP contribution in [0.4, 0.5) is 10.1 Å². The summed E-state index contributed by atoms with van der Waals surface area (Å²) < 4.78 is 19.3. The molecule has 2 rings (SSSR count). The predicted octanol–water partition coefficient (Wildman–Crippen LogP) is 3.97. The van der Waals surface area contributed by atoms with Gasteiger partial charge in [-0.3, -0.25) is 0 Å². The molecule has 5 heteroatoms. The summed E-state index contributed by atoms with van der Waals surface area (Å²) in [5.41, 5.74) is 7.89. The van der Waals surface area contributed by atoms with Gasteiger partial charge in [-0.2, -0.15) is 0 Å². The number of anilines is 1. The van der Waals surface area contributed by atoms with Gasteiger partial charge in [0.1, 0.15) is 11.6 Å². The third-order valence-electron chi connectivity index (χ3n) is 2.61. The van der Waals surface area contributed by atoms with Gasteiger partial charge in [-0.15, -0.1) is 0 Å². The number of benzene rings is 1. The quantitative estimate of drug-likeness (QED) is 0.913. The molecule has 0 unspecified atom stereocenters. The minimum Gasteiger partial charge on any atom is -0.438 e. The molecule has 0 fully saturated rings. The van der Waals surface area contributed by atoms with Gasteiger partial charge < -0.3 is 10.5 Å². The third kappa shape index (κ3) is 2.46. The number of nitrogen functional groups attached to an aromatic ring is 1. The summed E-state index contributed by atoms with van der Waals surface area (Å²) in [6.07, 6.45) is 1.54. The summed E-state index contributed by atoms with van der Waals surface area (Å²) in [5, 5.41) is 0. The molecule has 0 aliphatic rings. The van der Waals surface area contributed by atoms with Gasteiger partial charge in [0.25, 0.3) is 0 Å². The summed E-state index contributed by atoms with van der Waals surface area (Å²) in [4.78, 5) is 4.11. The summed E-state index contributed by atoms with van der Waals surface area (Å²) >= 11 is 3.39. The highest BCUT2D eigenvalue weighted by Gasteiger charge is 2.11. The van der Waals surface area contributed by atoms with Crippen molar-refractivity contribution in [3.8, 4) is 11.6 Å². The molecule has 18 heavy (non-hydrogen) atoms. The van der Waals surface area contributed by atoms with Crippen molar-refractivity contribution in [1.82, 2.24) is 4.98 Å². The van der Waals surface area contributed by atoms with E-state index in [2.05, 4.69) is 20.9 Å². The van der Waals surface area contributed by atoms with E-state index in [1.54, 1.807) is 13.0 Å². The van der Waals surface area contributed by atoms with Crippen LogP contribution in [0, 0.1) is 19.7 Å². The topological polar surface area (TPSA) is 48.1 Å². The van der Waals surface area contributed by atoms with Crippen molar-refractivity contribution < 1.29 is 9.13 Å². The molecular formula is C13H12BrFN2O. The number of nitrogens with zero attached hydrogens (tertiary/aromatic N) is 1. The van der Waals surface area contributed by atoms with Crippen molar-refractivity contribution in [1.29, 1.82) is 0 Å². The third-order valence-corrected chi connectivity index (χ3v) is 3.55. The van der Waals surface area contributed by atoms with E-state index in [-0.39, 0.29) is 5.82 Å². The first-order valence-electron chi connectivity index (χ1n) is 5.33. The molecule has 0 atom stereocenters. The standard InChI is InChI=1S/C13H12BrFN2O/c1-7-5-9(15)3-4-11(7)18-13-12(14)8(2)10(16)6-17-13/h3-6H,16H2,1-2H3. The van der Waals surface area contributed by atoms with E-state index in [1.807, 2.05) is 6.92 Å². The lowest BCUT2D eigenvalue weighted by Gasteiger charge is -2.11. The highest BCUT2D eigenvalue weighted by molar-refractivity contribution is 9.10. The fraction of sp³-hybridized carbons (Fsp3) is 0.154. The minimum atomic E-state index is -0.291. The van der Waals surface area contributed by atoms with Gasteiger partial charge >= 0.3 is 0 Å². The van der Waals surface area contributed by atoms with E-state index in [1.165, 1.54) is 18.3 Å². The highest BCUT2D eigenvalue weighted by atomic mass is 79.9. The minimum absolute atomic E-state index is 0.291. The second kappa shape index (κ2) is 4.94. The van der Waals surface area contributed by atoms with Gasteiger partial charge in [-0.05, 0) is 59.1 Å². The van der Waals surface area contributed by atoms with E-state index in [4.69, 9.17) is 10.5 Å². The summed E-state index contributed by atoms with van der Waals surface area (Å²) in [7, 11) is 0. The smallest absolute Gasteiger partial charge is 0.234 e. The lowest BCUT2D eigenvalue weighted by atomic mass is 10.2. The van der Waals surface area contributed by atoms with Crippen LogP contribution >= 0.6 is 15.9 Å². The number of hydrogen-bond donors (Lipinski definition) is 1. The second-order valence-corrected chi connectivity index (χ2v) is 4.76. The SMILES string of the molecule is Cc1cc(F)ccc1Oc1ncc(N)c(C)c1Br. The molecule has 1 aromatic heterocycles. The predicted molar refractivity (Wildman–Crippen MR) is 72.3 cm³/mol. The number of ether oxygens (including phenoxy) is 1. The Morgan fingerprint density at radius 1 is 1.33 bits per heavy atom. The summed E-state index contributed by atoms with van der Waals surface area (Å²) in [6, 6.07) is 4.33. The van der Waals surface area contributed by atoms with Crippen LogP contribution in [-0.2, 0) is 0 Å². The molecule has 1 aromatic carbocycles. The number of aromatic nitrogens is 1. The number of nitrogens with two attached hydrogens (primary N) is 1. The first-order chi connectivity index (χ1) is 8.49. The van der Waals surface area contributed by atoms with E-state index in [9.17, 15) is 4.39 Å². The zero-order valence-electron chi connectivity index (χ0n) is 10.00. The Balaban J connectivity index is 2.37. The molecule has 0 aliphatic heterocycles. The van der Waals surface area contributed by atoms with Crippen molar-refractivity contribution in [2.45, 2.75) is 13.8 Å². The monoisotopic (exact) mass is 310 g/mol. The molecule has 2 aromatic rings. The fourth-order valence-corrected chi connectivity index (χ4v) is 1.88. The van der Waals surface area contributed by atoms with E-state index in [0.29, 0.717) is 27.4 Å². The molecular weight excluding hydrogens is 299 g/mol. The largest absolute Gasteiger partial charge is 0.438 e. The van der Waals surface area contributed by atoms with Crippen molar-refractivity contribution in [2.24, 2.45) is 0 Å². The van der Waals surface area contributed by atoms with Crippen molar-refractivity contribution in [3.63, 3.8) is 0 Å². The van der Waals surface area contributed by atoms with E-state index < -0.39 is 0 Å². The van der Waals surface area contributed by atoms with Crippen LogP contribution in [0.15, 0.2) is 28.9 Å². The Bertz CT molecular complexity index is 602. The average Bonchev–Trinajstić information content (AvgIpc) is 2.33. The summed E-state index contributed by atoms with van der Waals surface area (Å²) in [6.45, 7) is 3.64. The number of halogens is 2. The van der Waals surface area contributed by atoms with Crippen molar-refractivity contribution in [2.75, 3.05) is 5.73 Å². The molecule has 0 bridgehead atoms. The van der Waals surface area contributed by atoms with Gasteiger partial charge in [0, 0.05) is 0 Å². The van der Waals surface area contributed by atoms with Crippen LogP contribution < -0.4 is 10.5 Å². The Morgan fingerprint density at radius 3 is 2.72 bits per heavy atom. The maximum atomic E-state index is 13.0. The van der Waals surface area contributed by atoms with Crippen molar-refractivity contribution >= 4 is 21.6 Å². The fourth-order valence-electron chi connectivity index (χ4n) is 1.47. The van der Waals surface area contributed by atoms with Crippen LogP contribution in [0.5, 0.6) is 11.6 Å². The zero-order valence-corrected chi connectivity index (χ0v) is 11.6. The van der Waals surface area contributed by atoms with Gasteiger partial charge in [-0.1, -0.05) is 0 Å².